The molecule has 2 unspecified atom stereocenters. The monoisotopic (exact) mass is 154 g/mol. The largest absolute Gasteiger partial charge is 0.328 e. The molecule has 0 bridgehead atoms. The zero-order chi connectivity index (χ0) is 7.68. The molecule has 64 valence electrons. The Morgan fingerprint density at radius 2 is 2.00 bits per heavy atom. The summed E-state index contributed by atoms with van der Waals surface area (Å²) >= 11 is 0. The standard InChI is InChI=1S/C9H18N2/c10-8-4-6-11-5-2-1-3-9(11)7-8/h8-9H,1-7,10H2. The molecule has 0 spiro atoms. The molecule has 2 nitrogen and oxygen atoms in total. The maximum absolute atomic E-state index is 5.92. The Morgan fingerprint density at radius 3 is 2.91 bits per heavy atom. The molecule has 2 aliphatic rings. The van der Waals surface area contributed by atoms with Crippen molar-refractivity contribution in [2.45, 2.75) is 44.2 Å². The van der Waals surface area contributed by atoms with E-state index in [9.17, 15) is 0 Å². The Bertz CT molecular complexity index is 136. The van der Waals surface area contributed by atoms with Crippen LogP contribution in [0.5, 0.6) is 0 Å². The third-order valence-electron chi connectivity index (χ3n) is 3.11. The summed E-state index contributed by atoms with van der Waals surface area (Å²) in [6, 6.07) is 1.34. The fourth-order valence-electron chi connectivity index (χ4n) is 2.42. The molecule has 2 heterocycles. The summed E-state index contributed by atoms with van der Waals surface area (Å²) < 4.78 is 0. The van der Waals surface area contributed by atoms with Gasteiger partial charge in [0.25, 0.3) is 0 Å². The number of nitrogens with two attached hydrogens (primary N) is 1. The van der Waals surface area contributed by atoms with Crippen molar-refractivity contribution < 1.29 is 0 Å². The average Bonchev–Trinajstić information content (AvgIpc) is 2.04. The Balaban J connectivity index is 1.93. The second kappa shape index (κ2) is 3.11. The zero-order valence-electron chi connectivity index (χ0n) is 7.13. The van der Waals surface area contributed by atoms with E-state index in [0.29, 0.717) is 6.04 Å². The third-order valence-corrected chi connectivity index (χ3v) is 3.11. The summed E-state index contributed by atoms with van der Waals surface area (Å²) in [5, 5.41) is 0. The molecule has 0 saturated carbocycles. The fraction of sp³-hybridized carbons (Fsp3) is 1.00. The first kappa shape index (κ1) is 7.56. The molecule has 2 atom stereocenters. The van der Waals surface area contributed by atoms with Gasteiger partial charge in [-0.05, 0) is 38.8 Å². The molecule has 2 aliphatic heterocycles. The summed E-state index contributed by atoms with van der Waals surface area (Å²) in [7, 11) is 0. The van der Waals surface area contributed by atoms with Gasteiger partial charge in [-0.15, -0.1) is 0 Å². The molecule has 0 aromatic rings. The van der Waals surface area contributed by atoms with Crippen LogP contribution in [0.1, 0.15) is 32.1 Å². The molecule has 2 heteroatoms. The predicted molar refractivity (Wildman–Crippen MR) is 46.4 cm³/mol. The van der Waals surface area contributed by atoms with Crippen LogP contribution in [0.25, 0.3) is 0 Å². The number of rotatable bonds is 0. The van der Waals surface area contributed by atoms with Crippen molar-refractivity contribution in [3.8, 4) is 0 Å². The number of fused-ring (bicyclic) bond motifs is 1. The first-order chi connectivity index (χ1) is 5.36. The Hall–Kier alpha value is -0.0800. The molecular weight excluding hydrogens is 136 g/mol. The van der Waals surface area contributed by atoms with Crippen molar-refractivity contribution >= 4 is 0 Å². The van der Waals surface area contributed by atoms with E-state index in [1.807, 2.05) is 0 Å². The van der Waals surface area contributed by atoms with Gasteiger partial charge in [0.2, 0.25) is 0 Å². The predicted octanol–water partition coefficient (Wildman–Crippen LogP) is 0.962. The first-order valence-electron chi connectivity index (χ1n) is 4.86. The second-order valence-electron chi connectivity index (χ2n) is 3.97. The minimum absolute atomic E-state index is 0.495. The van der Waals surface area contributed by atoms with Gasteiger partial charge in [-0.2, -0.15) is 0 Å². The van der Waals surface area contributed by atoms with Gasteiger partial charge in [-0.1, -0.05) is 6.42 Å². The van der Waals surface area contributed by atoms with E-state index in [2.05, 4.69) is 4.90 Å². The lowest BCUT2D eigenvalue weighted by molar-refractivity contribution is 0.0986. The van der Waals surface area contributed by atoms with Gasteiger partial charge in [0.05, 0.1) is 0 Å². The van der Waals surface area contributed by atoms with Crippen LogP contribution >= 0.6 is 0 Å². The van der Waals surface area contributed by atoms with Gasteiger partial charge in [-0.3, -0.25) is 0 Å². The third kappa shape index (κ3) is 1.57. The van der Waals surface area contributed by atoms with E-state index in [0.717, 1.165) is 6.04 Å². The fourth-order valence-corrected chi connectivity index (χ4v) is 2.42. The van der Waals surface area contributed by atoms with E-state index in [1.165, 1.54) is 45.2 Å². The highest BCUT2D eigenvalue weighted by Crippen LogP contribution is 2.24. The van der Waals surface area contributed by atoms with E-state index in [1.54, 1.807) is 0 Å². The van der Waals surface area contributed by atoms with Gasteiger partial charge in [0, 0.05) is 12.1 Å². The number of nitrogens with zero attached hydrogens (tertiary/aromatic N) is 1. The van der Waals surface area contributed by atoms with Gasteiger partial charge in [0.1, 0.15) is 0 Å². The summed E-state index contributed by atoms with van der Waals surface area (Å²) in [6.45, 7) is 2.59. The Kier molecular flexibility index (Phi) is 2.14. The lowest BCUT2D eigenvalue weighted by Crippen LogP contribution is -2.49. The van der Waals surface area contributed by atoms with E-state index in [4.69, 9.17) is 5.73 Å². The van der Waals surface area contributed by atoms with Gasteiger partial charge < -0.3 is 10.6 Å². The van der Waals surface area contributed by atoms with Gasteiger partial charge in [0.15, 0.2) is 0 Å². The molecule has 0 aromatic heterocycles. The molecule has 0 radical (unpaired) electrons. The van der Waals surface area contributed by atoms with Crippen molar-refractivity contribution in [3.05, 3.63) is 0 Å². The molecule has 11 heavy (non-hydrogen) atoms. The minimum atomic E-state index is 0.495. The minimum Gasteiger partial charge on any atom is -0.328 e. The van der Waals surface area contributed by atoms with Crippen LogP contribution in [-0.4, -0.2) is 30.1 Å². The average molecular weight is 154 g/mol. The van der Waals surface area contributed by atoms with E-state index < -0.39 is 0 Å². The molecule has 2 fully saturated rings. The van der Waals surface area contributed by atoms with Crippen molar-refractivity contribution in [3.63, 3.8) is 0 Å². The summed E-state index contributed by atoms with van der Waals surface area (Å²) in [5.74, 6) is 0. The zero-order valence-corrected chi connectivity index (χ0v) is 7.13. The van der Waals surface area contributed by atoms with Crippen LogP contribution in [0, 0.1) is 0 Å². The van der Waals surface area contributed by atoms with Crippen LogP contribution in [0.3, 0.4) is 0 Å². The normalized spacial score (nSPS) is 40.1. The maximum Gasteiger partial charge on any atom is 0.0110 e. The smallest absolute Gasteiger partial charge is 0.0110 e. The van der Waals surface area contributed by atoms with Crippen LogP contribution in [0.2, 0.25) is 0 Å². The molecule has 2 N–H and O–H groups in total. The van der Waals surface area contributed by atoms with Crippen LogP contribution in [-0.2, 0) is 0 Å². The van der Waals surface area contributed by atoms with Crippen LogP contribution in [0.15, 0.2) is 0 Å². The van der Waals surface area contributed by atoms with E-state index in [-0.39, 0.29) is 0 Å². The van der Waals surface area contributed by atoms with Gasteiger partial charge in [-0.25, -0.2) is 0 Å². The summed E-state index contributed by atoms with van der Waals surface area (Å²) in [5.41, 5.74) is 5.92. The summed E-state index contributed by atoms with van der Waals surface area (Å²) in [6.07, 6.45) is 6.70. The Morgan fingerprint density at radius 1 is 1.09 bits per heavy atom. The Labute approximate surface area is 68.7 Å². The topological polar surface area (TPSA) is 29.3 Å². The van der Waals surface area contributed by atoms with E-state index >= 15 is 0 Å². The first-order valence-corrected chi connectivity index (χ1v) is 4.86. The highest BCUT2D eigenvalue weighted by molar-refractivity contribution is 4.85. The van der Waals surface area contributed by atoms with Crippen molar-refractivity contribution in [2.75, 3.05) is 13.1 Å². The highest BCUT2D eigenvalue weighted by atomic mass is 15.2. The SMILES string of the molecule is NC1CCN2CCCCC2C1. The second-order valence-corrected chi connectivity index (χ2v) is 3.97. The quantitative estimate of drug-likeness (QED) is 0.563. The van der Waals surface area contributed by atoms with Gasteiger partial charge >= 0.3 is 0 Å². The number of piperidine rings is 2. The molecule has 2 saturated heterocycles. The van der Waals surface area contributed by atoms with Crippen LogP contribution < -0.4 is 5.73 Å². The van der Waals surface area contributed by atoms with Crippen molar-refractivity contribution in [1.29, 1.82) is 0 Å². The maximum atomic E-state index is 5.92. The molecule has 0 aromatic carbocycles. The van der Waals surface area contributed by atoms with Crippen molar-refractivity contribution in [1.82, 2.24) is 4.90 Å². The summed E-state index contributed by atoms with van der Waals surface area (Å²) in [4.78, 5) is 2.63. The van der Waals surface area contributed by atoms with Crippen molar-refractivity contribution in [2.24, 2.45) is 5.73 Å². The van der Waals surface area contributed by atoms with Crippen LogP contribution in [0.4, 0.5) is 0 Å². The molecule has 0 aliphatic carbocycles. The molecular formula is C9H18N2. The molecule has 0 amide bonds. The number of hydrogen-bond acceptors (Lipinski definition) is 2. The highest BCUT2D eigenvalue weighted by Gasteiger charge is 2.27. The molecule has 2 rings (SSSR count). The lowest BCUT2D eigenvalue weighted by Gasteiger charge is -2.41. The lowest BCUT2D eigenvalue weighted by atomic mass is 9.91. The number of hydrogen-bond donors (Lipinski definition) is 1.